The highest BCUT2D eigenvalue weighted by molar-refractivity contribution is 7.89. The lowest BCUT2D eigenvalue weighted by molar-refractivity contribution is 0.0949. The van der Waals surface area contributed by atoms with Crippen LogP contribution in [0.5, 0.6) is 0 Å². The fraction of sp³-hybridized carbons (Fsp3) is 0.172. The normalized spacial score (nSPS) is 11.4. The summed E-state index contributed by atoms with van der Waals surface area (Å²) in [6.07, 6.45) is 2.25. The number of benzene rings is 3. The van der Waals surface area contributed by atoms with Gasteiger partial charge in [0.25, 0.3) is 5.91 Å². The summed E-state index contributed by atoms with van der Waals surface area (Å²) < 4.78 is 28.9. The third kappa shape index (κ3) is 6.44. The zero-order valence-corrected chi connectivity index (χ0v) is 20.9. The molecule has 184 valence electrons. The molecule has 0 radical (unpaired) electrons. The highest BCUT2D eigenvalue weighted by atomic mass is 32.2. The molecule has 0 atom stereocenters. The lowest BCUT2D eigenvalue weighted by Crippen LogP contribution is -2.27. The molecule has 0 unspecified atom stereocenters. The topological polar surface area (TPSA) is 88.2 Å². The molecule has 1 aromatic heterocycles. The van der Waals surface area contributed by atoms with Gasteiger partial charge >= 0.3 is 0 Å². The molecule has 0 spiro atoms. The summed E-state index contributed by atoms with van der Waals surface area (Å²) in [4.78, 5) is 17.0. The Morgan fingerprint density at radius 3 is 2.11 bits per heavy atom. The molecule has 4 aromatic rings. The van der Waals surface area contributed by atoms with Crippen LogP contribution in [0.15, 0.2) is 108 Å². The Labute approximate surface area is 212 Å². The van der Waals surface area contributed by atoms with E-state index in [1.807, 2.05) is 48.5 Å². The van der Waals surface area contributed by atoms with Crippen LogP contribution in [0.4, 0.5) is 0 Å². The van der Waals surface area contributed by atoms with E-state index in [0.29, 0.717) is 17.5 Å². The standard InChI is InChI=1S/C29H29N3O3S/c1-22-15-16-26(20-28(22)29(33)31-21-25-14-8-9-18-30-25)36(34,35)32-19-17-27(23-10-4-2-5-11-23)24-12-6-3-7-13-24/h2-16,18,20,27,32H,17,19,21H2,1H3,(H,31,33). The number of nitrogens with zero attached hydrogens (tertiary/aromatic N) is 1. The van der Waals surface area contributed by atoms with Crippen molar-refractivity contribution in [2.45, 2.75) is 30.7 Å². The summed E-state index contributed by atoms with van der Waals surface area (Å²) in [5.41, 5.74) is 4.00. The van der Waals surface area contributed by atoms with Gasteiger partial charge in [-0.25, -0.2) is 13.1 Å². The first-order valence-electron chi connectivity index (χ1n) is 11.8. The van der Waals surface area contributed by atoms with Crippen LogP contribution >= 0.6 is 0 Å². The molecular weight excluding hydrogens is 470 g/mol. The fourth-order valence-corrected chi connectivity index (χ4v) is 5.17. The molecule has 1 amide bonds. The first kappa shape index (κ1) is 25.3. The van der Waals surface area contributed by atoms with Gasteiger partial charge in [0.05, 0.1) is 17.1 Å². The summed E-state index contributed by atoms with van der Waals surface area (Å²) >= 11 is 0. The van der Waals surface area contributed by atoms with Crippen molar-refractivity contribution in [3.05, 3.63) is 131 Å². The Balaban J connectivity index is 1.45. The SMILES string of the molecule is Cc1ccc(S(=O)(=O)NCCC(c2ccccc2)c2ccccc2)cc1C(=O)NCc1ccccn1. The highest BCUT2D eigenvalue weighted by Gasteiger charge is 2.20. The number of aryl methyl sites for hydroxylation is 1. The van der Waals surface area contributed by atoms with Crippen molar-refractivity contribution < 1.29 is 13.2 Å². The van der Waals surface area contributed by atoms with Crippen molar-refractivity contribution in [3.8, 4) is 0 Å². The second-order valence-corrected chi connectivity index (χ2v) is 10.3. The molecule has 0 bridgehead atoms. The van der Waals surface area contributed by atoms with Gasteiger partial charge in [-0.2, -0.15) is 0 Å². The number of hydrogen-bond acceptors (Lipinski definition) is 4. The zero-order valence-electron chi connectivity index (χ0n) is 20.1. The van der Waals surface area contributed by atoms with E-state index in [1.54, 1.807) is 25.3 Å². The predicted molar refractivity (Wildman–Crippen MR) is 141 cm³/mol. The molecule has 0 aliphatic heterocycles. The molecule has 36 heavy (non-hydrogen) atoms. The largest absolute Gasteiger partial charge is 0.346 e. The van der Waals surface area contributed by atoms with Crippen LogP contribution in [-0.2, 0) is 16.6 Å². The molecule has 0 fully saturated rings. The molecule has 6 nitrogen and oxygen atoms in total. The third-order valence-corrected chi connectivity index (χ3v) is 7.51. The highest BCUT2D eigenvalue weighted by Crippen LogP contribution is 2.27. The van der Waals surface area contributed by atoms with Crippen LogP contribution in [0.2, 0.25) is 0 Å². The predicted octanol–water partition coefficient (Wildman–Crippen LogP) is 4.82. The van der Waals surface area contributed by atoms with Crippen LogP contribution in [0.3, 0.4) is 0 Å². The number of nitrogens with one attached hydrogen (secondary N) is 2. The van der Waals surface area contributed by atoms with E-state index in [4.69, 9.17) is 0 Å². The number of sulfonamides is 1. The number of carbonyl (C=O) groups is 1. The molecule has 0 saturated carbocycles. The third-order valence-electron chi connectivity index (χ3n) is 6.05. The number of rotatable bonds is 10. The monoisotopic (exact) mass is 499 g/mol. The van der Waals surface area contributed by atoms with Crippen LogP contribution < -0.4 is 10.0 Å². The maximum absolute atomic E-state index is 13.1. The zero-order chi connectivity index (χ0) is 25.4. The van der Waals surface area contributed by atoms with Gasteiger partial charge in [-0.1, -0.05) is 72.8 Å². The van der Waals surface area contributed by atoms with Gasteiger partial charge in [-0.15, -0.1) is 0 Å². The first-order valence-corrected chi connectivity index (χ1v) is 13.3. The number of aromatic nitrogens is 1. The van der Waals surface area contributed by atoms with E-state index in [2.05, 4.69) is 39.3 Å². The molecule has 0 saturated heterocycles. The molecule has 0 aliphatic carbocycles. The lowest BCUT2D eigenvalue weighted by Gasteiger charge is -2.18. The Morgan fingerprint density at radius 2 is 1.50 bits per heavy atom. The fourth-order valence-electron chi connectivity index (χ4n) is 4.10. The summed E-state index contributed by atoms with van der Waals surface area (Å²) in [7, 11) is -3.80. The van der Waals surface area contributed by atoms with Gasteiger partial charge in [0.15, 0.2) is 0 Å². The van der Waals surface area contributed by atoms with Crippen LogP contribution in [0.1, 0.15) is 45.1 Å². The van der Waals surface area contributed by atoms with E-state index in [-0.39, 0.29) is 29.8 Å². The van der Waals surface area contributed by atoms with Gasteiger partial charge in [0, 0.05) is 24.2 Å². The molecule has 3 aromatic carbocycles. The van der Waals surface area contributed by atoms with E-state index in [9.17, 15) is 13.2 Å². The Bertz CT molecular complexity index is 1350. The van der Waals surface area contributed by atoms with Crippen molar-refractivity contribution in [3.63, 3.8) is 0 Å². The number of amides is 1. The Morgan fingerprint density at radius 1 is 0.861 bits per heavy atom. The van der Waals surface area contributed by atoms with Crippen molar-refractivity contribution in [2.75, 3.05) is 6.54 Å². The Hall–Kier alpha value is -3.81. The van der Waals surface area contributed by atoms with E-state index in [1.165, 1.54) is 12.1 Å². The van der Waals surface area contributed by atoms with Gasteiger partial charge < -0.3 is 5.32 Å². The summed E-state index contributed by atoms with van der Waals surface area (Å²) in [6.45, 7) is 2.30. The summed E-state index contributed by atoms with van der Waals surface area (Å²) in [5, 5.41) is 2.81. The van der Waals surface area contributed by atoms with E-state index >= 15 is 0 Å². The average Bonchev–Trinajstić information content (AvgIpc) is 2.91. The summed E-state index contributed by atoms with van der Waals surface area (Å²) in [6, 6.07) is 30.2. The van der Waals surface area contributed by atoms with Crippen LogP contribution in [0.25, 0.3) is 0 Å². The van der Waals surface area contributed by atoms with Crippen molar-refractivity contribution in [1.82, 2.24) is 15.0 Å². The van der Waals surface area contributed by atoms with E-state index < -0.39 is 10.0 Å². The average molecular weight is 500 g/mol. The number of carbonyl (C=O) groups excluding carboxylic acids is 1. The molecule has 2 N–H and O–H groups in total. The van der Waals surface area contributed by atoms with Crippen LogP contribution in [-0.4, -0.2) is 25.9 Å². The van der Waals surface area contributed by atoms with Crippen molar-refractivity contribution in [1.29, 1.82) is 0 Å². The number of hydrogen-bond donors (Lipinski definition) is 2. The maximum atomic E-state index is 13.1. The number of pyridine rings is 1. The minimum absolute atomic E-state index is 0.0565. The molecule has 7 heteroatoms. The molecule has 1 heterocycles. The van der Waals surface area contributed by atoms with Gasteiger partial charge in [-0.3, -0.25) is 9.78 Å². The smallest absolute Gasteiger partial charge is 0.251 e. The van der Waals surface area contributed by atoms with Crippen molar-refractivity contribution >= 4 is 15.9 Å². The minimum Gasteiger partial charge on any atom is -0.346 e. The second kappa shape index (κ2) is 11.7. The van der Waals surface area contributed by atoms with E-state index in [0.717, 1.165) is 16.8 Å². The van der Waals surface area contributed by atoms with Crippen molar-refractivity contribution in [2.24, 2.45) is 0 Å². The van der Waals surface area contributed by atoms with Gasteiger partial charge in [-0.05, 0) is 54.3 Å². The minimum atomic E-state index is -3.80. The Kier molecular flexibility index (Phi) is 8.25. The van der Waals surface area contributed by atoms with Gasteiger partial charge in [0.1, 0.15) is 0 Å². The molecular formula is C29H29N3O3S. The summed E-state index contributed by atoms with van der Waals surface area (Å²) in [5.74, 6) is -0.288. The molecule has 0 aliphatic rings. The quantitative estimate of drug-likeness (QED) is 0.327. The van der Waals surface area contributed by atoms with Crippen LogP contribution in [0, 0.1) is 6.92 Å². The van der Waals surface area contributed by atoms with Gasteiger partial charge in [0.2, 0.25) is 10.0 Å². The maximum Gasteiger partial charge on any atom is 0.251 e. The second-order valence-electron chi connectivity index (χ2n) is 8.54. The first-order chi connectivity index (χ1) is 17.4. The lowest BCUT2D eigenvalue weighted by atomic mass is 9.89. The molecule has 4 rings (SSSR count).